The van der Waals surface area contributed by atoms with Gasteiger partial charge in [0.05, 0.1) is 0 Å². The van der Waals surface area contributed by atoms with Crippen LogP contribution in [0.1, 0.15) is 63.8 Å². The molecule has 1 aromatic heterocycles. The van der Waals surface area contributed by atoms with Gasteiger partial charge in [-0.05, 0) is 39.0 Å². The summed E-state index contributed by atoms with van der Waals surface area (Å²) in [6.07, 6.45) is 7.73. The Morgan fingerprint density at radius 1 is 1.05 bits per heavy atom. The zero-order chi connectivity index (χ0) is 15.2. The molecule has 1 fully saturated rings. The van der Waals surface area contributed by atoms with Crippen LogP contribution in [0.5, 0.6) is 0 Å². The Kier molecular flexibility index (Phi) is 5.83. The standard InChI is InChI=1S/C17H30N4/c1-5-11-18-16-13(3)17(20-14(4)19-16)21-15-10-8-6-7-9-12(15)2/h12,15H,5-11H2,1-4H3,(H2,18,19,20,21). The predicted molar refractivity (Wildman–Crippen MR) is 89.9 cm³/mol. The van der Waals surface area contributed by atoms with E-state index < -0.39 is 0 Å². The summed E-state index contributed by atoms with van der Waals surface area (Å²) in [5.74, 6) is 3.55. The number of hydrogen-bond acceptors (Lipinski definition) is 4. The monoisotopic (exact) mass is 290 g/mol. The highest BCUT2D eigenvalue weighted by Gasteiger charge is 2.21. The second kappa shape index (κ2) is 7.62. The lowest BCUT2D eigenvalue weighted by molar-refractivity contribution is 0.455. The van der Waals surface area contributed by atoms with Gasteiger partial charge in [0.15, 0.2) is 0 Å². The summed E-state index contributed by atoms with van der Waals surface area (Å²) < 4.78 is 0. The van der Waals surface area contributed by atoms with Crippen LogP contribution in [0.4, 0.5) is 11.6 Å². The third kappa shape index (κ3) is 4.32. The van der Waals surface area contributed by atoms with E-state index in [0.717, 1.165) is 36.0 Å². The summed E-state index contributed by atoms with van der Waals surface area (Å²) in [6.45, 7) is 9.57. The Hall–Kier alpha value is -1.32. The first-order valence-electron chi connectivity index (χ1n) is 8.47. The van der Waals surface area contributed by atoms with Gasteiger partial charge >= 0.3 is 0 Å². The highest BCUT2D eigenvalue weighted by atomic mass is 15.1. The molecule has 0 spiro atoms. The van der Waals surface area contributed by atoms with E-state index in [1.807, 2.05) is 6.92 Å². The van der Waals surface area contributed by atoms with Crippen LogP contribution in [-0.4, -0.2) is 22.6 Å². The molecule has 0 aromatic carbocycles. The van der Waals surface area contributed by atoms with E-state index in [1.54, 1.807) is 0 Å². The number of aromatic nitrogens is 2. The van der Waals surface area contributed by atoms with Crippen molar-refractivity contribution in [2.75, 3.05) is 17.2 Å². The van der Waals surface area contributed by atoms with Crippen molar-refractivity contribution < 1.29 is 0 Å². The second-order valence-electron chi connectivity index (χ2n) is 6.39. The molecule has 1 aromatic rings. The van der Waals surface area contributed by atoms with E-state index in [4.69, 9.17) is 0 Å². The first kappa shape index (κ1) is 16.1. The fraction of sp³-hybridized carbons (Fsp3) is 0.765. The third-order valence-electron chi connectivity index (χ3n) is 4.48. The van der Waals surface area contributed by atoms with Crippen molar-refractivity contribution in [2.45, 2.75) is 72.3 Å². The molecular formula is C17H30N4. The van der Waals surface area contributed by atoms with Gasteiger partial charge in [-0.3, -0.25) is 0 Å². The van der Waals surface area contributed by atoms with Gasteiger partial charge in [0.1, 0.15) is 17.5 Å². The molecule has 2 atom stereocenters. The third-order valence-corrected chi connectivity index (χ3v) is 4.48. The molecule has 21 heavy (non-hydrogen) atoms. The van der Waals surface area contributed by atoms with Crippen LogP contribution in [0.2, 0.25) is 0 Å². The average Bonchev–Trinajstić information content (AvgIpc) is 2.66. The molecule has 4 heteroatoms. The van der Waals surface area contributed by atoms with Crippen LogP contribution in [0.15, 0.2) is 0 Å². The van der Waals surface area contributed by atoms with Gasteiger partial charge in [0, 0.05) is 18.2 Å². The molecule has 1 aliphatic rings. The molecule has 0 saturated heterocycles. The minimum atomic E-state index is 0.541. The molecule has 0 aliphatic heterocycles. The maximum atomic E-state index is 4.64. The summed E-state index contributed by atoms with van der Waals surface area (Å²) in [7, 11) is 0. The fourth-order valence-electron chi connectivity index (χ4n) is 3.07. The van der Waals surface area contributed by atoms with Crippen molar-refractivity contribution in [1.82, 2.24) is 9.97 Å². The van der Waals surface area contributed by atoms with Gasteiger partial charge in [-0.1, -0.05) is 33.1 Å². The minimum Gasteiger partial charge on any atom is -0.370 e. The molecule has 1 saturated carbocycles. The van der Waals surface area contributed by atoms with Gasteiger partial charge in [-0.2, -0.15) is 0 Å². The van der Waals surface area contributed by atoms with Crippen molar-refractivity contribution in [3.05, 3.63) is 11.4 Å². The van der Waals surface area contributed by atoms with Gasteiger partial charge in [-0.15, -0.1) is 0 Å². The molecular weight excluding hydrogens is 260 g/mol. The van der Waals surface area contributed by atoms with Crippen LogP contribution >= 0.6 is 0 Å². The van der Waals surface area contributed by atoms with E-state index in [1.165, 1.54) is 32.1 Å². The van der Waals surface area contributed by atoms with Gasteiger partial charge < -0.3 is 10.6 Å². The van der Waals surface area contributed by atoms with Crippen LogP contribution in [0.3, 0.4) is 0 Å². The summed E-state index contributed by atoms with van der Waals surface area (Å²) in [6, 6.07) is 0.541. The number of rotatable bonds is 5. The van der Waals surface area contributed by atoms with Gasteiger partial charge in [0.25, 0.3) is 0 Å². The van der Waals surface area contributed by atoms with E-state index in [-0.39, 0.29) is 0 Å². The lowest BCUT2D eigenvalue weighted by Gasteiger charge is -2.25. The Morgan fingerprint density at radius 2 is 1.76 bits per heavy atom. The van der Waals surface area contributed by atoms with E-state index in [9.17, 15) is 0 Å². The highest BCUT2D eigenvalue weighted by Crippen LogP contribution is 2.28. The average molecular weight is 290 g/mol. The number of anilines is 2. The molecule has 0 bridgehead atoms. The summed E-state index contributed by atoms with van der Waals surface area (Å²) in [4.78, 5) is 9.18. The minimum absolute atomic E-state index is 0.541. The first-order chi connectivity index (χ1) is 10.1. The smallest absolute Gasteiger partial charge is 0.134 e. The van der Waals surface area contributed by atoms with E-state index in [2.05, 4.69) is 41.4 Å². The summed E-state index contributed by atoms with van der Waals surface area (Å²) in [5, 5.41) is 7.12. The van der Waals surface area contributed by atoms with Gasteiger partial charge in [0.2, 0.25) is 0 Å². The Balaban J connectivity index is 2.16. The van der Waals surface area contributed by atoms with E-state index in [0.29, 0.717) is 12.0 Å². The van der Waals surface area contributed by atoms with E-state index >= 15 is 0 Å². The molecule has 1 aliphatic carbocycles. The SMILES string of the molecule is CCCNc1nc(C)nc(NC2CCCCCC2C)c1C. The second-order valence-corrected chi connectivity index (χ2v) is 6.39. The molecule has 4 nitrogen and oxygen atoms in total. The fourth-order valence-corrected chi connectivity index (χ4v) is 3.07. The Morgan fingerprint density at radius 3 is 2.52 bits per heavy atom. The topological polar surface area (TPSA) is 49.8 Å². The summed E-state index contributed by atoms with van der Waals surface area (Å²) in [5.41, 5.74) is 1.14. The zero-order valence-corrected chi connectivity index (χ0v) is 14.0. The maximum absolute atomic E-state index is 4.64. The molecule has 2 rings (SSSR count). The van der Waals surface area contributed by atoms with Crippen LogP contribution in [0, 0.1) is 19.8 Å². The molecule has 1 heterocycles. The quantitative estimate of drug-likeness (QED) is 0.794. The van der Waals surface area contributed by atoms with Crippen LogP contribution < -0.4 is 10.6 Å². The number of aryl methyl sites for hydroxylation is 1. The van der Waals surface area contributed by atoms with Crippen molar-refractivity contribution in [3.8, 4) is 0 Å². The van der Waals surface area contributed by atoms with Crippen molar-refractivity contribution >= 4 is 11.6 Å². The molecule has 118 valence electrons. The highest BCUT2D eigenvalue weighted by molar-refractivity contribution is 5.57. The van der Waals surface area contributed by atoms with Crippen molar-refractivity contribution in [2.24, 2.45) is 5.92 Å². The van der Waals surface area contributed by atoms with Gasteiger partial charge in [-0.25, -0.2) is 9.97 Å². The Labute approximate surface area is 129 Å². The predicted octanol–water partition coefficient (Wildman–Crippen LogP) is 4.30. The van der Waals surface area contributed by atoms with Crippen LogP contribution in [-0.2, 0) is 0 Å². The first-order valence-corrected chi connectivity index (χ1v) is 8.47. The largest absolute Gasteiger partial charge is 0.370 e. The van der Waals surface area contributed by atoms with Crippen molar-refractivity contribution in [3.63, 3.8) is 0 Å². The summed E-state index contributed by atoms with van der Waals surface area (Å²) >= 11 is 0. The Bertz CT molecular complexity index is 458. The molecule has 2 N–H and O–H groups in total. The number of hydrogen-bond donors (Lipinski definition) is 2. The lowest BCUT2D eigenvalue weighted by Crippen LogP contribution is -2.27. The van der Waals surface area contributed by atoms with Crippen molar-refractivity contribution in [1.29, 1.82) is 0 Å². The lowest BCUT2D eigenvalue weighted by atomic mass is 9.97. The normalized spacial score (nSPS) is 22.7. The number of nitrogens with one attached hydrogen (secondary N) is 2. The molecule has 0 amide bonds. The zero-order valence-electron chi connectivity index (χ0n) is 14.0. The van der Waals surface area contributed by atoms with Crippen LogP contribution in [0.25, 0.3) is 0 Å². The maximum Gasteiger partial charge on any atom is 0.134 e. The molecule has 2 unspecified atom stereocenters. The number of nitrogens with zero attached hydrogens (tertiary/aromatic N) is 2. The molecule has 0 radical (unpaired) electrons.